The Labute approximate surface area is 162 Å². The smallest absolute Gasteiger partial charge is 0.406 e. The first-order valence-corrected chi connectivity index (χ1v) is 8.65. The zero-order valence-corrected chi connectivity index (χ0v) is 15.3. The molecular formula is C18H17F5N4O2. The van der Waals surface area contributed by atoms with E-state index in [2.05, 4.69) is 20.0 Å². The van der Waals surface area contributed by atoms with E-state index in [1.165, 1.54) is 12.3 Å². The molecule has 1 saturated heterocycles. The van der Waals surface area contributed by atoms with E-state index in [0.29, 0.717) is 5.56 Å². The fourth-order valence-electron chi connectivity index (χ4n) is 2.94. The molecule has 0 aromatic carbocycles. The van der Waals surface area contributed by atoms with Crippen molar-refractivity contribution >= 4 is 17.5 Å². The number of nitrogens with zero attached hydrogens (tertiary/aromatic N) is 3. The lowest BCUT2D eigenvalue weighted by atomic mass is 10.0. The molecule has 3 rings (SSSR count). The molecule has 1 fully saturated rings. The van der Waals surface area contributed by atoms with Crippen molar-refractivity contribution in [2.45, 2.75) is 32.1 Å². The summed E-state index contributed by atoms with van der Waals surface area (Å²) in [5.41, 5.74) is 0.652. The van der Waals surface area contributed by atoms with Gasteiger partial charge in [0.2, 0.25) is 0 Å². The molecule has 0 bridgehead atoms. The highest BCUT2D eigenvalue weighted by Gasteiger charge is 2.37. The number of carbonyl (C=O) groups excluding carboxylic acids is 1. The van der Waals surface area contributed by atoms with Gasteiger partial charge < -0.3 is 15.0 Å². The van der Waals surface area contributed by atoms with Crippen LogP contribution in [0.4, 0.5) is 33.6 Å². The number of hydrogen-bond donors (Lipinski definition) is 1. The van der Waals surface area contributed by atoms with Gasteiger partial charge >= 0.3 is 6.36 Å². The number of rotatable bonds is 4. The molecule has 0 saturated carbocycles. The first kappa shape index (κ1) is 20.7. The fraction of sp³-hybridized carbons (Fsp3) is 0.389. The lowest BCUT2D eigenvalue weighted by Crippen LogP contribution is -2.45. The summed E-state index contributed by atoms with van der Waals surface area (Å²) in [6, 6.07) is 3.40. The summed E-state index contributed by atoms with van der Waals surface area (Å²) in [5.74, 6) is -3.84. The molecule has 156 valence electrons. The Bertz CT molecular complexity index is 904. The number of halogens is 5. The van der Waals surface area contributed by atoms with Crippen molar-refractivity contribution in [1.82, 2.24) is 14.9 Å². The number of ether oxygens (including phenoxy) is 1. The molecular weight excluding hydrogens is 399 g/mol. The van der Waals surface area contributed by atoms with Crippen LogP contribution < -0.4 is 10.1 Å². The highest BCUT2D eigenvalue weighted by Crippen LogP contribution is 2.29. The minimum atomic E-state index is -4.85. The number of aromatic nitrogens is 2. The normalized spacial score (nSPS) is 16.4. The molecule has 1 aliphatic rings. The molecule has 1 amide bonds. The molecule has 3 heterocycles. The van der Waals surface area contributed by atoms with Gasteiger partial charge in [0, 0.05) is 37.0 Å². The van der Waals surface area contributed by atoms with E-state index < -0.39 is 30.5 Å². The summed E-state index contributed by atoms with van der Waals surface area (Å²) in [4.78, 5) is 21.7. The van der Waals surface area contributed by atoms with Gasteiger partial charge in [-0.2, -0.15) is 0 Å². The molecule has 0 radical (unpaired) electrons. The standard InChI is InChI=1S/C18H17F5N4O2/c1-11-9-25-15(26-14-7-12(3-5-24-14)29-18(21,22)23)8-13(11)16(28)27-6-2-4-17(19,20)10-27/h3,5,7-9H,2,4,6,10H2,1H3,(H,24,25,26). The van der Waals surface area contributed by atoms with Crippen molar-refractivity contribution in [3.8, 4) is 5.75 Å². The number of nitrogens with one attached hydrogen (secondary N) is 1. The first-order chi connectivity index (χ1) is 13.5. The van der Waals surface area contributed by atoms with Gasteiger partial charge in [-0.3, -0.25) is 4.79 Å². The number of piperidine rings is 1. The topological polar surface area (TPSA) is 67.4 Å². The maximum absolute atomic E-state index is 13.6. The third-order valence-corrected chi connectivity index (χ3v) is 4.23. The zero-order chi connectivity index (χ0) is 21.2. The van der Waals surface area contributed by atoms with Crippen LogP contribution >= 0.6 is 0 Å². The van der Waals surface area contributed by atoms with Gasteiger partial charge in [-0.25, -0.2) is 18.7 Å². The molecule has 1 N–H and O–H groups in total. The van der Waals surface area contributed by atoms with E-state index >= 15 is 0 Å². The quantitative estimate of drug-likeness (QED) is 0.753. The molecule has 1 aliphatic heterocycles. The van der Waals surface area contributed by atoms with E-state index in [0.717, 1.165) is 23.2 Å². The maximum atomic E-state index is 13.6. The van der Waals surface area contributed by atoms with Gasteiger partial charge in [0.25, 0.3) is 11.8 Å². The van der Waals surface area contributed by atoms with Gasteiger partial charge in [-0.15, -0.1) is 13.2 Å². The number of carbonyl (C=O) groups is 1. The summed E-state index contributed by atoms with van der Waals surface area (Å²) < 4.78 is 68.1. The van der Waals surface area contributed by atoms with Gasteiger partial charge in [0.05, 0.1) is 6.54 Å². The number of likely N-dealkylation sites (tertiary alicyclic amines) is 1. The monoisotopic (exact) mass is 416 g/mol. The Morgan fingerprint density at radius 3 is 2.66 bits per heavy atom. The highest BCUT2D eigenvalue weighted by atomic mass is 19.4. The lowest BCUT2D eigenvalue weighted by molar-refractivity contribution is -0.274. The Kier molecular flexibility index (Phi) is 5.58. The van der Waals surface area contributed by atoms with Crippen molar-refractivity contribution in [3.05, 3.63) is 41.7 Å². The fourth-order valence-corrected chi connectivity index (χ4v) is 2.94. The predicted octanol–water partition coefficient (Wildman–Crippen LogP) is 4.30. The van der Waals surface area contributed by atoms with E-state index in [1.807, 2.05) is 0 Å². The number of pyridine rings is 2. The van der Waals surface area contributed by atoms with E-state index in [1.54, 1.807) is 6.92 Å². The SMILES string of the molecule is Cc1cnc(Nc2cc(OC(F)(F)F)ccn2)cc1C(=O)N1CCCC(F)(F)C1. The van der Waals surface area contributed by atoms with Crippen LogP contribution in [0.15, 0.2) is 30.6 Å². The zero-order valence-electron chi connectivity index (χ0n) is 15.3. The van der Waals surface area contributed by atoms with Gasteiger partial charge in [0.1, 0.15) is 17.4 Å². The molecule has 0 aliphatic carbocycles. The second kappa shape index (κ2) is 7.80. The Morgan fingerprint density at radius 2 is 1.97 bits per heavy atom. The summed E-state index contributed by atoms with van der Waals surface area (Å²) in [7, 11) is 0. The molecule has 0 unspecified atom stereocenters. The van der Waals surface area contributed by atoms with Crippen molar-refractivity contribution in [1.29, 1.82) is 0 Å². The third kappa shape index (κ3) is 5.52. The molecule has 0 spiro atoms. The minimum absolute atomic E-state index is 0.00556. The summed E-state index contributed by atoms with van der Waals surface area (Å²) in [6.45, 7) is 1.17. The average molecular weight is 416 g/mol. The van der Waals surface area contributed by atoms with E-state index in [9.17, 15) is 26.7 Å². The highest BCUT2D eigenvalue weighted by molar-refractivity contribution is 5.96. The van der Waals surface area contributed by atoms with Crippen LogP contribution in [-0.2, 0) is 0 Å². The minimum Gasteiger partial charge on any atom is -0.406 e. The number of anilines is 2. The molecule has 2 aromatic heterocycles. The van der Waals surface area contributed by atoms with E-state index in [4.69, 9.17) is 0 Å². The molecule has 2 aromatic rings. The number of hydrogen-bond acceptors (Lipinski definition) is 5. The van der Waals surface area contributed by atoms with Gasteiger partial charge in [-0.05, 0) is 31.0 Å². The van der Waals surface area contributed by atoms with Crippen molar-refractivity contribution in [2.24, 2.45) is 0 Å². The van der Waals surface area contributed by atoms with Crippen molar-refractivity contribution < 1.29 is 31.5 Å². The largest absolute Gasteiger partial charge is 0.573 e. The number of amides is 1. The van der Waals surface area contributed by atoms with Crippen LogP contribution in [-0.4, -0.2) is 46.1 Å². The summed E-state index contributed by atoms with van der Waals surface area (Å²) in [5, 5.41) is 2.68. The maximum Gasteiger partial charge on any atom is 0.573 e. The van der Waals surface area contributed by atoms with Gasteiger partial charge in [-0.1, -0.05) is 0 Å². The molecule has 29 heavy (non-hydrogen) atoms. The number of aryl methyl sites for hydroxylation is 1. The van der Waals surface area contributed by atoms with E-state index in [-0.39, 0.29) is 36.6 Å². The van der Waals surface area contributed by atoms with Crippen molar-refractivity contribution in [3.63, 3.8) is 0 Å². The number of alkyl halides is 5. The third-order valence-electron chi connectivity index (χ3n) is 4.23. The predicted molar refractivity (Wildman–Crippen MR) is 93.3 cm³/mol. The van der Waals surface area contributed by atoms with Crippen LogP contribution in [0.25, 0.3) is 0 Å². The second-order valence-corrected chi connectivity index (χ2v) is 6.62. The van der Waals surface area contributed by atoms with Crippen LogP contribution in [0.5, 0.6) is 5.75 Å². The second-order valence-electron chi connectivity index (χ2n) is 6.62. The van der Waals surface area contributed by atoms with Crippen LogP contribution in [0.3, 0.4) is 0 Å². The first-order valence-electron chi connectivity index (χ1n) is 8.65. The van der Waals surface area contributed by atoms with Crippen LogP contribution in [0.2, 0.25) is 0 Å². The molecule has 6 nitrogen and oxygen atoms in total. The molecule has 11 heteroatoms. The van der Waals surface area contributed by atoms with Crippen LogP contribution in [0, 0.1) is 6.92 Å². The Hall–Kier alpha value is -2.98. The lowest BCUT2D eigenvalue weighted by Gasteiger charge is -2.32. The summed E-state index contributed by atoms with van der Waals surface area (Å²) in [6.07, 6.45) is -2.44. The Balaban J connectivity index is 1.79. The Morgan fingerprint density at radius 1 is 1.24 bits per heavy atom. The van der Waals surface area contributed by atoms with Crippen LogP contribution in [0.1, 0.15) is 28.8 Å². The van der Waals surface area contributed by atoms with Gasteiger partial charge in [0.15, 0.2) is 0 Å². The molecule has 0 atom stereocenters. The summed E-state index contributed by atoms with van der Waals surface area (Å²) >= 11 is 0. The average Bonchev–Trinajstić information content (AvgIpc) is 2.61. The van der Waals surface area contributed by atoms with Crippen molar-refractivity contribution in [2.75, 3.05) is 18.4 Å².